The topological polar surface area (TPSA) is 36.9 Å². The number of ether oxygens (including phenoxy) is 1. The van der Waals surface area contributed by atoms with Crippen molar-refractivity contribution < 1.29 is 4.74 Å². The van der Waals surface area contributed by atoms with Gasteiger partial charge in [0.05, 0.1) is 6.61 Å². The summed E-state index contributed by atoms with van der Waals surface area (Å²) in [5.41, 5.74) is 1.27. The maximum absolute atomic E-state index is 5.00. The number of hydrogen-bond donors (Lipinski definition) is 1. The Kier molecular flexibility index (Phi) is 9.67. The molecule has 0 aliphatic rings. The highest BCUT2D eigenvalue weighted by molar-refractivity contribution is 14.0. The maximum Gasteiger partial charge on any atom is 0.193 e. The van der Waals surface area contributed by atoms with E-state index < -0.39 is 0 Å². The zero-order valence-electron chi connectivity index (χ0n) is 11.2. The van der Waals surface area contributed by atoms with E-state index in [0.29, 0.717) is 6.61 Å². The SMILES string of the molecule is CN=C(NCCOC)N(C)Cc1ccccc1.I. The van der Waals surface area contributed by atoms with Gasteiger partial charge in [0.2, 0.25) is 0 Å². The summed E-state index contributed by atoms with van der Waals surface area (Å²) < 4.78 is 5.00. The number of methoxy groups -OCH3 is 1. The van der Waals surface area contributed by atoms with Crippen LogP contribution in [0, 0.1) is 0 Å². The molecule has 0 unspecified atom stereocenters. The highest BCUT2D eigenvalue weighted by Gasteiger charge is 2.05. The average Bonchev–Trinajstić information content (AvgIpc) is 2.36. The van der Waals surface area contributed by atoms with E-state index in [1.165, 1.54) is 5.56 Å². The fourth-order valence-corrected chi connectivity index (χ4v) is 1.58. The van der Waals surface area contributed by atoms with E-state index >= 15 is 0 Å². The van der Waals surface area contributed by atoms with Crippen LogP contribution in [0.4, 0.5) is 0 Å². The van der Waals surface area contributed by atoms with Crippen LogP contribution >= 0.6 is 24.0 Å². The minimum Gasteiger partial charge on any atom is -0.383 e. The average molecular weight is 363 g/mol. The van der Waals surface area contributed by atoms with Crippen molar-refractivity contribution in [3.8, 4) is 0 Å². The Morgan fingerprint density at radius 3 is 2.56 bits per heavy atom. The van der Waals surface area contributed by atoms with Gasteiger partial charge in [-0.15, -0.1) is 24.0 Å². The summed E-state index contributed by atoms with van der Waals surface area (Å²) in [5.74, 6) is 0.880. The smallest absolute Gasteiger partial charge is 0.193 e. The molecule has 0 saturated carbocycles. The van der Waals surface area contributed by atoms with Crippen LogP contribution in [-0.2, 0) is 11.3 Å². The fourth-order valence-electron chi connectivity index (χ4n) is 1.58. The molecule has 0 saturated heterocycles. The quantitative estimate of drug-likeness (QED) is 0.376. The molecular weight excluding hydrogens is 341 g/mol. The number of nitrogens with zero attached hydrogens (tertiary/aromatic N) is 2. The molecule has 0 aromatic heterocycles. The third-order valence-electron chi connectivity index (χ3n) is 2.43. The Morgan fingerprint density at radius 1 is 1.33 bits per heavy atom. The summed E-state index contributed by atoms with van der Waals surface area (Å²) in [6, 6.07) is 10.3. The lowest BCUT2D eigenvalue weighted by Gasteiger charge is -2.22. The van der Waals surface area contributed by atoms with E-state index in [1.807, 2.05) is 25.2 Å². The number of aliphatic imine (C=N–C) groups is 1. The standard InChI is InChI=1S/C13H21N3O.HI/c1-14-13(15-9-10-17-3)16(2)11-12-7-5-4-6-8-12;/h4-8H,9-11H2,1-3H3,(H,14,15);1H. The molecule has 0 amide bonds. The van der Waals surface area contributed by atoms with Crippen molar-refractivity contribution in [2.75, 3.05) is 34.4 Å². The number of nitrogens with one attached hydrogen (secondary N) is 1. The van der Waals surface area contributed by atoms with Crippen molar-refractivity contribution in [2.45, 2.75) is 6.54 Å². The molecule has 0 atom stereocenters. The van der Waals surface area contributed by atoms with Crippen molar-refractivity contribution in [1.82, 2.24) is 10.2 Å². The first-order valence-electron chi connectivity index (χ1n) is 5.72. The van der Waals surface area contributed by atoms with Crippen LogP contribution in [0.15, 0.2) is 35.3 Å². The number of benzene rings is 1. The molecule has 4 nitrogen and oxygen atoms in total. The van der Waals surface area contributed by atoms with Crippen LogP contribution in [0.5, 0.6) is 0 Å². The molecule has 0 fully saturated rings. The Morgan fingerprint density at radius 2 is 2.00 bits per heavy atom. The Labute approximate surface area is 126 Å². The van der Waals surface area contributed by atoms with Crippen LogP contribution in [0.25, 0.3) is 0 Å². The van der Waals surface area contributed by atoms with Gasteiger partial charge in [-0.2, -0.15) is 0 Å². The molecule has 0 heterocycles. The second-order valence-corrected chi connectivity index (χ2v) is 3.81. The summed E-state index contributed by atoms with van der Waals surface area (Å²) in [7, 11) is 5.50. The van der Waals surface area contributed by atoms with Crippen LogP contribution < -0.4 is 5.32 Å². The lowest BCUT2D eigenvalue weighted by atomic mass is 10.2. The molecule has 1 aromatic rings. The highest BCUT2D eigenvalue weighted by atomic mass is 127. The lowest BCUT2D eigenvalue weighted by molar-refractivity contribution is 0.203. The minimum atomic E-state index is 0. The van der Waals surface area contributed by atoms with Gasteiger partial charge < -0.3 is 15.0 Å². The molecule has 0 aliphatic heterocycles. The van der Waals surface area contributed by atoms with Gasteiger partial charge in [-0.05, 0) is 5.56 Å². The van der Waals surface area contributed by atoms with Gasteiger partial charge in [0.15, 0.2) is 5.96 Å². The zero-order valence-corrected chi connectivity index (χ0v) is 13.5. The van der Waals surface area contributed by atoms with E-state index in [0.717, 1.165) is 19.0 Å². The molecule has 0 spiro atoms. The summed E-state index contributed by atoms with van der Waals surface area (Å²) in [6.45, 7) is 2.29. The first-order valence-corrected chi connectivity index (χ1v) is 5.72. The Hall–Kier alpha value is -0.820. The number of hydrogen-bond acceptors (Lipinski definition) is 2. The van der Waals surface area contributed by atoms with Crippen LogP contribution in [0.1, 0.15) is 5.56 Å². The fraction of sp³-hybridized carbons (Fsp3) is 0.462. The van der Waals surface area contributed by atoms with Crippen LogP contribution in [0.3, 0.4) is 0 Å². The lowest BCUT2D eigenvalue weighted by Crippen LogP contribution is -2.39. The van der Waals surface area contributed by atoms with Crippen molar-refractivity contribution in [2.24, 2.45) is 4.99 Å². The molecule has 0 bridgehead atoms. The van der Waals surface area contributed by atoms with Gasteiger partial charge in [-0.3, -0.25) is 4.99 Å². The monoisotopic (exact) mass is 363 g/mol. The van der Waals surface area contributed by atoms with Gasteiger partial charge >= 0.3 is 0 Å². The summed E-state index contributed by atoms with van der Waals surface area (Å²) in [4.78, 5) is 6.32. The van der Waals surface area contributed by atoms with E-state index in [4.69, 9.17) is 4.74 Å². The van der Waals surface area contributed by atoms with Gasteiger partial charge in [-0.25, -0.2) is 0 Å². The van der Waals surface area contributed by atoms with Gasteiger partial charge in [-0.1, -0.05) is 30.3 Å². The highest BCUT2D eigenvalue weighted by Crippen LogP contribution is 2.02. The number of halogens is 1. The molecule has 0 radical (unpaired) electrons. The van der Waals surface area contributed by atoms with E-state index in [2.05, 4.69) is 27.3 Å². The normalized spacial score (nSPS) is 10.7. The van der Waals surface area contributed by atoms with Crippen molar-refractivity contribution in [3.05, 3.63) is 35.9 Å². The van der Waals surface area contributed by atoms with E-state index in [1.54, 1.807) is 14.2 Å². The van der Waals surface area contributed by atoms with Crippen LogP contribution in [0.2, 0.25) is 0 Å². The van der Waals surface area contributed by atoms with Gasteiger partial charge in [0.1, 0.15) is 0 Å². The summed E-state index contributed by atoms with van der Waals surface area (Å²) in [5, 5.41) is 3.24. The number of rotatable bonds is 5. The first kappa shape index (κ1) is 17.2. The first-order chi connectivity index (χ1) is 8.27. The molecule has 18 heavy (non-hydrogen) atoms. The van der Waals surface area contributed by atoms with E-state index in [9.17, 15) is 0 Å². The molecule has 102 valence electrons. The second-order valence-electron chi connectivity index (χ2n) is 3.81. The molecule has 1 aromatic carbocycles. The summed E-state index contributed by atoms with van der Waals surface area (Å²) >= 11 is 0. The summed E-state index contributed by atoms with van der Waals surface area (Å²) in [6.07, 6.45) is 0. The van der Waals surface area contributed by atoms with Crippen molar-refractivity contribution in [1.29, 1.82) is 0 Å². The van der Waals surface area contributed by atoms with Gasteiger partial charge in [0, 0.05) is 34.3 Å². The Bertz CT molecular complexity index is 343. The third-order valence-corrected chi connectivity index (χ3v) is 2.43. The predicted octanol–water partition coefficient (Wildman–Crippen LogP) is 1.96. The predicted molar refractivity (Wildman–Crippen MR) is 86.6 cm³/mol. The van der Waals surface area contributed by atoms with Gasteiger partial charge in [0.25, 0.3) is 0 Å². The third kappa shape index (κ3) is 6.20. The second kappa shape index (κ2) is 10.1. The zero-order chi connectivity index (χ0) is 12.5. The molecule has 5 heteroatoms. The van der Waals surface area contributed by atoms with Crippen molar-refractivity contribution >= 4 is 29.9 Å². The molecular formula is C13H22IN3O. The molecule has 1 N–H and O–H groups in total. The number of guanidine groups is 1. The molecule has 0 aliphatic carbocycles. The van der Waals surface area contributed by atoms with Crippen molar-refractivity contribution in [3.63, 3.8) is 0 Å². The molecule has 1 rings (SSSR count). The minimum absolute atomic E-state index is 0. The van der Waals surface area contributed by atoms with Crippen LogP contribution in [-0.4, -0.2) is 45.2 Å². The van der Waals surface area contributed by atoms with E-state index in [-0.39, 0.29) is 24.0 Å². The largest absolute Gasteiger partial charge is 0.383 e. The Balaban J connectivity index is 0.00000289. The maximum atomic E-state index is 5.00.